The van der Waals surface area contributed by atoms with E-state index in [1.54, 1.807) is 0 Å². The van der Waals surface area contributed by atoms with Crippen molar-refractivity contribution in [3.05, 3.63) is 41.3 Å². The Bertz CT molecular complexity index is 333. The molecule has 0 saturated carbocycles. The Morgan fingerprint density at radius 1 is 1.33 bits per heavy atom. The van der Waals surface area contributed by atoms with Crippen molar-refractivity contribution in [2.45, 2.75) is 19.3 Å². The second kappa shape index (κ2) is 2.98. The zero-order valence-electron chi connectivity index (χ0n) is 6.88. The second-order valence-corrected chi connectivity index (χ2v) is 3.12. The van der Waals surface area contributed by atoms with Gasteiger partial charge in [-0.3, -0.25) is 0 Å². The van der Waals surface area contributed by atoms with E-state index in [1.165, 1.54) is 17.5 Å². The van der Waals surface area contributed by atoms with Crippen molar-refractivity contribution < 1.29 is 0 Å². The normalized spacial score (nSPS) is 14.9. The van der Waals surface area contributed by atoms with Gasteiger partial charge in [0, 0.05) is 0 Å². The van der Waals surface area contributed by atoms with E-state index in [-0.39, 0.29) is 0 Å². The predicted molar refractivity (Wildman–Crippen MR) is 47.5 cm³/mol. The lowest BCUT2D eigenvalue weighted by Crippen LogP contribution is -2.00. The smallest absolute Gasteiger partial charge is 0.0991 e. The van der Waals surface area contributed by atoms with E-state index in [2.05, 4.69) is 18.6 Å². The van der Waals surface area contributed by atoms with Gasteiger partial charge >= 0.3 is 0 Å². The minimum atomic E-state index is 0.770. The lowest BCUT2D eigenvalue weighted by atomic mass is 9.91. The number of aryl methyl sites for hydroxylation is 1. The fourth-order valence-electron chi connectivity index (χ4n) is 1.63. The Morgan fingerprint density at radius 3 is 3.08 bits per heavy atom. The summed E-state index contributed by atoms with van der Waals surface area (Å²) in [7, 11) is 0. The highest BCUT2D eigenvalue weighted by Crippen LogP contribution is 2.23. The Balaban J connectivity index is 2.44. The van der Waals surface area contributed by atoms with Gasteiger partial charge in [-0.05, 0) is 48.9 Å². The van der Waals surface area contributed by atoms with Crippen molar-refractivity contribution in [3.63, 3.8) is 0 Å². The van der Waals surface area contributed by atoms with Crippen LogP contribution in [0.3, 0.4) is 0 Å². The number of nitriles is 1. The Hall–Kier alpha value is -1.29. The molecule has 0 aliphatic heterocycles. The predicted octanol–water partition coefficient (Wildman–Crippen LogP) is 2.45. The van der Waals surface area contributed by atoms with Gasteiger partial charge in [-0.15, -0.1) is 0 Å². The molecule has 0 spiro atoms. The summed E-state index contributed by atoms with van der Waals surface area (Å²) in [5.74, 6) is 0. The summed E-state index contributed by atoms with van der Waals surface area (Å²) in [5, 5.41) is 8.68. The average molecular weight is 156 g/mol. The molecule has 1 radical (unpaired) electrons. The third-order valence-corrected chi connectivity index (χ3v) is 2.29. The lowest BCUT2D eigenvalue weighted by Gasteiger charge is -2.14. The molecule has 2 rings (SSSR count). The second-order valence-electron chi connectivity index (χ2n) is 3.12. The van der Waals surface area contributed by atoms with Crippen LogP contribution in [0, 0.1) is 17.8 Å². The van der Waals surface area contributed by atoms with Gasteiger partial charge in [0.2, 0.25) is 0 Å². The third kappa shape index (κ3) is 1.21. The molecule has 1 heteroatoms. The highest BCUT2D eigenvalue weighted by atomic mass is 14.2. The Labute approximate surface area is 72.6 Å². The first-order chi connectivity index (χ1) is 5.90. The molecule has 0 aromatic heterocycles. The van der Waals surface area contributed by atoms with Crippen LogP contribution in [0.5, 0.6) is 0 Å². The maximum absolute atomic E-state index is 8.68. The summed E-state index contributed by atoms with van der Waals surface area (Å²) in [6.07, 6.45) is 5.79. The van der Waals surface area contributed by atoms with Crippen LogP contribution in [0.4, 0.5) is 0 Å². The molecule has 1 aromatic carbocycles. The molecule has 0 N–H and O–H groups in total. The first-order valence-corrected chi connectivity index (χ1v) is 4.26. The minimum absolute atomic E-state index is 0.770. The molecule has 0 heterocycles. The van der Waals surface area contributed by atoms with E-state index >= 15 is 0 Å². The van der Waals surface area contributed by atoms with Crippen LogP contribution >= 0.6 is 0 Å². The van der Waals surface area contributed by atoms with Crippen molar-refractivity contribution in [1.82, 2.24) is 0 Å². The topological polar surface area (TPSA) is 23.8 Å². The molecule has 1 nitrogen and oxygen atoms in total. The zero-order valence-corrected chi connectivity index (χ0v) is 6.88. The quantitative estimate of drug-likeness (QED) is 0.566. The molecule has 0 unspecified atom stereocenters. The van der Waals surface area contributed by atoms with Crippen molar-refractivity contribution >= 4 is 0 Å². The summed E-state index contributed by atoms with van der Waals surface area (Å²) in [5.41, 5.74) is 3.42. The number of nitrogens with zero attached hydrogens (tertiary/aromatic N) is 1. The Kier molecular flexibility index (Phi) is 1.83. The average Bonchev–Trinajstić information content (AvgIpc) is 2.17. The fourth-order valence-corrected chi connectivity index (χ4v) is 1.63. The van der Waals surface area contributed by atoms with E-state index in [0.29, 0.717) is 0 Å². The molecule has 0 amide bonds. The molecule has 59 valence electrons. The van der Waals surface area contributed by atoms with E-state index < -0.39 is 0 Å². The van der Waals surface area contributed by atoms with Crippen LogP contribution in [0.15, 0.2) is 18.2 Å². The summed E-state index contributed by atoms with van der Waals surface area (Å²) in [4.78, 5) is 0. The molecular formula is C11H10N. The first kappa shape index (κ1) is 7.36. The van der Waals surface area contributed by atoms with Crippen molar-refractivity contribution in [3.8, 4) is 6.07 Å². The summed E-state index contributed by atoms with van der Waals surface area (Å²) < 4.78 is 0. The lowest BCUT2D eigenvalue weighted by molar-refractivity contribution is 0.775. The largest absolute Gasteiger partial charge is 0.192 e. The van der Waals surface area contributed by atoms with Gasteiger partial charge in [0.05, 0.1) is 11.6 Å². The van der Waals surface area contributed by atoms with Crippen molar-refractivity contribution in [1.29, 1.82) is 5.26 Å². The maximum atomic E-state index is 8.68. The Morgan fingerprint density at radius 2 is 2.25 bits per heavy atom. The van der Waals surface area contributed by atoms with Crippen molar-refractivity contribution in [2.24, 2.45) is 0 Å². The molecule has 0 bridgehead atoms. The number of hydrogen-bond donors (Lipinski definition) is 0. The van der Waals surface area contributed by atoms with Gasteiger partial charge in [-0.25, -0.2) is 0 Å². The van der Waals surface area contributed by atoms with Gasteiger partial charge in [0.25, 0.3) is 0 Å². The van der Waals surface area contributed by atoms with Crippen LogP contribution in [0.25, 0.3) is 0 Å². The van der Waals surface area contributed by atoms with Crippen LogP contribution in [0.1, 0.15) is 29.5 Å². The summed E-state index contributed by atoms with van der Waals surface area (Å²) in [6.45, 7) is 0. The first-order valence-electron chi connectivity index (χ1n) is 4.26. The summed E-state index contributed by atoms with van der Waals surface area (Å²) >= 11 is 0. The molecule has 0 saturated heterocycles. The number of fused-ring (bicyclic) bond motifs is 1. The SMILES string of the molecule is N#Cc1ccc2c(c1)[CH]CCC2. The van der Waals surface area contributed by atoms with Gasteiger partial charge in [-0.1, -0.05) is 6.07 Å². The van der Waals surface area contributed by atoms with Gasteiger partial charge in [0.15, 0.2) is 0 Å². The van der Waals surface area contributed by atoms with Crippen LogP contribution in [-0.2, 0) is 6.42 Å². The monoisotopic (exact) mass is 156 g/mol. The van der Waals surface area contributed by atoms with Gasteiger partial charge in [-0.2, -0.15) is 5.26 Å². The molecular weight excluding hydrogens is 146 g/mol. The van der Waals surface area contributed by atoms with E-state index in [1.807, 2.05) is 12.1 Å². The standard InChI is InChI=1S/C11H10N/c12-8-9-5-6-10-3-1-2-4-11(10)7-9/h4-7H,1-3H2. The third-order valence-electron chi connectivity index (χ3n) is 2.29. The minimum Gasteiger partial charge on any atom is -0.192 e. The highest BCUT2D eigenvalue weighted by molar-refractivity contribution is 5.42. The molecule has 12 heavy (non-hydrogen) atoms. The maximum Gasteiger partial charge on any atom is 0.0991 e. The fraction of sp³-hybridized carbons (Fsp3) is 0.273. The van der Waals surface area contributed by atoms with E-state index in [4.69, 9.17) is 5.26 Å². The highest BCUT2D eigenvalue weighted by Gasteiger charge is 2.08. The van der Waals surface area contributed by atoms with Crippen LogP contribution in [-0.4, -0.2) is 0 Å². The van der Waals surface area contributed by atoms with Gasteiger partial charge in [0.1, 0.15) is 0 Å². The molecule has 0 fully saturated rings. The number of hydrogen-bond acceptors (Lipinski definition) is 1. The van der Waals surface area contributed by atoms with Crippen LogP contribution < -0.4 is 0 Å². The van der Waals surface area contributed by atoms with Gasteiger partial charge < -0.3 is 0 Å². The number of rotatable bonds is 0. The molecule has 0 atom stereocenters. The van der Waals surface area contributed by atoms with Crippen molar-refractivity contribution in [2.75, 3.05) is 0 Å². The summed E-state index contributed by atoms with van der Waals surface area (Å²) in [6, 6.07) is 8.11. The van der Waals surface area contributed by atoms with Crippen LogP contribution in [0.2, 0.25) is 0 Å². The molecule has 1 aliphatic rings. The zero-order chi connectivity index (χ0) is 8.39. The molecule has 1 aromatic rings. The van der Waals surface area contributed by atoms with E-state index in [0.717, 1.165) is 18.4 Å². The molecule has 1 aliphatic carbocycles. The van der Waals surface area contributed by atoms with E-state index in [9.17, 15) is 0 Å². The number of benzene rings is 1.